The smallest absolute Gasteiger partial charge is 0.119 e. The summed E-state index contributed by atoms with van der Waals surface area (Å²) in [6.07, 6.45) is 6.79. The van der Waals surface area contributed by atoms with Gasteiger partial charge in [-0.1, -0.05) is 24.3 Å². The first-order valence-electron chi connectivity index (χ1n) is 7.00. The molecule has 0 amide bonds. The van der Waals surface area contributed by atoms with Crippen molar-refractivity contribution in [1.82, 2.24) is 5.32 Å². The van der Waals surface area contributed by atoms with Crippen molar-refractivity contribution >= 4 is 0 Å². The van der Waals surface area contributed by atoms with Crippen molar-refractivity contribution in [3.05, 3.63) is 42.0 Å². The summed E-state index contributed by atoms with van der Waals surface area (Å²) in [6.45, 7) is 7.65. The third kappa shape index (κ3) is 3.38. The molecule has 2 heteroatoms. The first-order chi connectivity index (χ1) is 8.95. The Kier molecular flexibility index (Phi) is 4.00. The van der Waals surface area contributed by atoms with Gasteiger partial charge in [0.15, 0.2) is 0 Å². The summed E-state index contributed by atoms with van der Waals surface area (Å²) in [4.78, 5) is 0. The quantitative estimate of drug-likeness (QED) is 0.833. The number of methoxy groups -OCH3 is 1. The van der Waals surface area contributed by atoms with Gasteiger partial charge in [-0.05, 0) is 51.3 Å². The molecule has 0 bridgehead atoms. The SMILES string of the molecule is COc1cccc(C2(CNC(C)(C)C)CC=CC2)c1. The van der Waals surface area contributed by atoms with Crippen LogP contribution in [0.4, 0.5) is 0 Å². The highest BCUT2D eigenvalue weighted by molar-refractivity contribution is 5.37. The monoisotopic (exact) mass is 259 g/mol. The summed E-state index contributed by atoms with van der Waals surface area (Å²) in [5, 5.41) is 3.66. The predicted molar refractivity (Wildman–Crippen MR) is 80.8 cm³/mol. The Morgan fingerprint density at radius 3 is 2.47 bits per heavy atom. The van der Waals surface area contributed by atoms with Crippen LogP contribution in [-0.2, 0) is 5.41 Å². The highest BCUT2D eigenvalue weighted by Crippen LogP contribution is 2.38. The van der Waals surface area contributed by atoms with E-state index in [1.165, 1.54) is 5.56 Å². The van der Waals surface area contributed by atoms with Gasteiger partial charge in [0, 0.05) is 17.5 Å². The van der Waals surface area contributed by atoms with Crippen LogP contribution in [0.3, 0.4) is 0 Å². The maximum absolute atomic E-state index is 5.36. The lowest BCUT2D eigenvalue weighted by Crippen LogP contribution is -2.45. The highest BCUT2D eigenvalue weighted by atomic mass is 16.5. The molecule has 0 fully saturated rings. The fourth-order valence-corrected chi connectivity index (χ4v) is 2.57. The maximum atomic E-state index is 5.36. The molecule has 104 valence electrons. The van der Waals surface area contributed by atoms with E-state index in [9.17, 15) is 0 Å². The van der Waals surface area contributed by atoms with Gasteiger partial charge in [-0.25, -0.2) is 0 Å². The molecule has 1 aliphatic rings. The first kappa shape index (κ1) is 14.1. The van der Waals surface area contributed by atoms with Gasteiger partial charge < -0.3 is 10.1 Å². The predicted octanol–water partition coefficient (Wildman–Crippen LogP) is 3.67. The molecule has 0 saturated heterocycles. The fraction of sp³-hybridized carbons (Fsp3) is 0.529. The molecule has 1 aromatic carbocycles. The Morgan fingerprint density at radius 2 is 1.89 bits per heavy atom. The Morgan fingerprint density at radius 1 is 1.21 bits per heavy atom. The van der Waals surface area contributed by atoms with Crippen molar-refractivity contribution in [2.75, 3.05) is 13.7 Å². The summed E-state index contributed by atoms with van der Waals surface area (Å²) >= 11 is 0. The molecule has 2 nitrogen and oxygen atoms in total. The van der Waals surface area contributed by atoms with Crippen LogP contribution in [0.5, 0.6) is 5.75 Å². The topological polar surface area (TPSA) is 21.3 Å². The van der Waals surface area contributed by atoms with E-state index in [1.807, 2.05) is 6.07 Å². The van der Waals surface area contributed by atoms with E-state index >= 15 is 0 Å². The molecule has 0 atom stereocenters. The normalized spacial score (nSPS) is 17.7. The van der Waals surface area contributed by atoms with Crippen LogP contribution in [0.2, 0.25) is 0 Å². The number of rotatable bonds is 4. The van der Waals surface area contributed by atoms with Crippen LogP contribution < -0.4 is 10.1 Å². The number of hydrogen-bond donors (Lipinski definition) is 1. The lowest BCUT2D eigenvalue weighted by molar-refractivity contribution is 0.338. The summed E-state index contributed by atoms with van der Waals surface area (Å²) in [5.74, 6) is 0.944. The Bertz CT molecular complexity index is 449. The molecular weight excluding hydrogens is 234 g/mol. The standard InChI is InChI=1S/C17H25NO/c1-16(2,3)18-13-17(10-5-6-11-17)14-8-7-9-15(12-14)19-4/h5-9,12,18H,10-11,13H2,1-4H3. The number of hydrogen-bond acceptors (Lipinski definition) is 2. The number of nitrogens with one attached hydrogen (secondary N) is 1. The molecule has 1 aromatic rings. The van der Waals surface area contributed by atoms with Crippen molar-refractivity contribution in [1.29, 1.82) is 0 Å². The van der Waals surface area contributed by atoms with Gasteiger partial charge in [-0.2, -0.15) is 0 Å². The van der Waals surface area contributed by atoms with Gasteiger partial charge in [0.05, 0.1) is 7.11 Å². The van der Waals surface area contributed by atoms with E-state index in [0.29, 0.717) is 0 Å². The van der Waals surface area contributed by atoms with Gasteiger partial charge in [-0.15, -0.1) is 0 Å². The van der Waals surface area contributed by atoms with Crippen LogP contribution in [0, 0.1) is 0 Å². The Labute approximate surface area is 116 Å². The first-order valence-corrected chi connectivity index (χ1v) is 7.00. The fourth-order valence-electron chi connectivity index (χ4n) is 2.57. The zero-order valence-corrected chi connectivity index (χ0v) is 12.5. The van der Waals surface area contributed by atoms with E-state index in [2.05, 4.69) is 56.4 Å². The van der Waals surface area contributed by atoms with Gasteiger partial charge in [0.25, 0.3) is 0 Å². The molecular formula is C17H25NO. The molecule has 1 N–H and O–H groups in total. The second kappa shape index (κ2) is 5.38. The van der Waals surface area contributed by atoms with E-state index in [-0.39, 0.29) is 11.0 Å². The minimum Gasteiger partial charge on any atom is -0.497 e. The van der Waals surface area contributed by atoms with Gasteiger partial charge >= 0.3 is 0 Å². The molecule has 0 aliphatic heterocycles. The van der Waals surface area contributed by atoms with E-state index in [4.69, 9.17) is 4.74 Å². The van der Waals surface area contributed by atoms with Crippen LogP contribution in [0.1, 0.15) is 39.2 Å². The van der Waals surface area contributed by atoms with Gasteiger partial charge in [-0.3, -0.25) is 0 Å². The van der Waals surface area contributed by atoms with Gasteiger partial charge in [0.1, 0.15) is 5.75 Å². The van der Waals surface area contributed by atoms with Crippen LogP contribution in [0.25, 0.3) is 0 Å². The van der Waals surface area contributed by atoms with E-state index in [0.717, 1.165) is 25.1 Å². The zero-order chi connectivity index (χ0) is 13.9. The highest BCUT2D eigenvalue weighted by Gasteiger charge is 2.34. The Hall–Kier alpha value is -1.28. The second-order valence-electron chi connectivity index (χ2n) is 6.50. The molecule has 0 radical (unpaired) electrons. The van der Waals surface area contributed by atoms with Crippen molar-refractivity contribution < 1.29 is 4.74 Å². The lowest BCUT2D eigenvalue weighted by Gasteiger charge is -2.34. The average molecular weight is 259 g/mol. The zero-order valence-electron chi connectivity index (χ0n) is 12.5. The van der Waals surface area contributed by atoms with E-state index in [1.54, 1.807) is 7.11 Å². The minimum absolute atomic E-state index is 0.147. The number of benzene rings is 1. The van der Waals surface area contributed by atoms with Crippen LogP contribution in [0.15, 0.2) is 36.4 Å². The third-order valence-corrected chi connectivity index (χ3v) is 3.82. The third-order valence-electron chi connectivity index (χ3n) is 3.82. The van der Waals surface area contributed by atoms with Gasteiger partial charge in [0.2, 0.25) is 0 Å². The molecule has 0 aromatic heterocycles. The number of allylic oxidation sites excluding steroid dienone is 2. The summed E-state index contributed by atoms with van der Waals surface area (Å²) in [6, 6.07) is 8.50. The molecule has 0 heterocycles. The molecule has 19 heavy (non-hydrogen) atoms. The van der Waals surface area contributed by atoms with Crippen molar-refractivity contribution in [3.8, 4) is 5.75 Å². The molecule has 0 unspecified atom stereocenters. The number of ether oxygens (including phenoxy) is 1. The van der Waals surface area contributed by atoms with Crippen LogP contribution >= 0.6 is 0 Å². The second-order valence-corrected chi connectivity index (χ2v) is 6.50. The molecule has 0 saturated carbocycles. The molecule has 1 aliphatic carbocycles. The molecule has 2 rings (SSSR count). The van der Waals surface area contributed by atoms with Crippen molar-refractivity contribution in [3.63, 3.8) is 0 Å². The molecule has 0 spiro atoms. The summed E-state index contributed by atoms with van der Waals surface area (Å²) < 4.78 is 5.36. The lowest BCUT2D eigenvalue weighted by atomic mass is 9.77. The van der Waals surface area contributed by atoms with E-state index < -0.39 is 0 Å². The average Bonchev–Trinajstić information content (AvgIpc) is 2.86. The summed E-state index contributed by atoms with van der Waals surface area (Å²) in [7, 11) is 1.73. The largest absolute Gasteiger partial charge is 0.497 e. The maximum Gasteiger partial charge on any atom is 0.119 e. The Balaban J connectivity index is 2.23. The van der Waals surface area contributed by atoms with Crippen LogP contribution in [-0.4, -0.2) is 19.2 Å². The van der Waals surface area contributed by atoms with Crippen molar-refractivity contribution in [2.24, 2.45) is 0 Å². The van der Waals surface area contributed by atoms with Crippen molar-refractivity contribution in [2.45, 2.75) is 44.6 Å². The minimum atomic E-state index is 0.147. The summed E-state index contributed by atoms with van der Waals surface area (Å²) in [5.41, 5.74) is 1.70.